The van der Waals surface area contributed by atoms with Crippen molar-refractivity contribution in [2.45, 2.75) is 180 Å². The fourth-order valence-electron chi connectivity index (χ4n) is 5.76. The monoisotopic (exact) mass is 803 g/mol. The van der Waals surface area contributed by atoms with E-state index in [1.807, 2.05) is 21.1 Å². The van der Waals surface area contributed by atoms with Gasteiger partial charge in [-0.15, -0.1) is 0 Å². The Balaban J connectivity index is 4.44. The maximum absolute atomic E-state index is 12.7. The number of unbranched alkanes of at least 4 members (excludes halogenated alkanes) is 15. The fraction of sp³-hybridized carbons (Fsp3) is 0.729. The Kier molecular flexibility index (Phi) is 37.7. The van der Waals surface area contributed by atoms with Crippen molar-refractivity contribution in [3.8, 4) is 0 Å². The molecule has 0 bridgehead atoms. The Hall–Kier alpha value is -3.01. The Morgan fingerprint density at radius 1 is 0.544 bits per heavy atom. The van der Waals surface area contributed by atoms with Gasteiger partial charge in [0.2, 0.25) is 0 Å². The van der Waals surface area contributed by atoms with E-state index in [-0.39, 0.29) is 38.6 Å². The SMILES string of the molecule is CC/C=C\C/C=C\C/C=C\CCCCCC(=O)OC(COC(=O)CCCCCCCCCCC/C=C\C/C=C\CCCCC)COC(OCC[N+](C)(C)C)C(=O)O. The lowest BCUT2D eigenvalue weighted by Gasteiger charge is -2.25. The normalized spacial score (nSPS) is 13.5. The number of carboxylic acid groups (broad SMARTS) is 1. The molecule has 0 aromatic carbocycles. The third-order valence-corrected chi connectivity index (χ3v) is 9.26. The van der Waals surface area contributed by atoms with Crippen LogP contribution in [-0.4, -0.2) is 87.4 Å². The number of allylic oxidation sites excluding steroid dienone is 10. The number of esters is 2. The van der Waals surface area contributed by atoms with Crippen LogP contribution in [-0.2, 0) is 33.3 Å². The first-order valence-corrected chi connectivity index (χ1v) is 22.5. The summed E-state index contributed by atoms with van der Waals surface area (Å²) in [5.74, 6) is -2.06. The second-order valence-electron chi connectivity index (χ2n) is 16.0. The molecule has 0 rings (SSSR count). The molecule has 0 aromatic rings. The molecule has 2 unspecified atom stereocenters. The molecule has 9 nitrogen and oxygen atoms in total. The number of carboxylic acids is 1. The van der Waals surface area contributed by atoms with Crippen molar-refractivity contribution in [3.05, 3.63) is 60.8 Å². The van der Waals surface area contributed by atoms with Crippen LogP contribution < -0.4 is 0 Å². The first-order chi connectivity index (χ1) is 27.6. The number of likely N-dealkylation sites (N-methyl/N-ethyl adjacent to an activating group) is 1. The molecule has 2 atom stereocenters. The highest BCUT2D eigenvalue weighted by Crippen LogP contribution is 2.13. The van der Waals surface area contributed by atoms with E-state index >= 15 is 0 Å². The molecule has 0 aliphatic rings. The number of rotatable bonds is 40. The van der Waals surface area contributed by atoms with Gasteiger partial charge in [-0.3, -0.25) is 9.59 Å². The van der Waals surface area contributed by atoms with Crippen molar-refractivity contribution < 1.29 is 42.9 Å². The number of quaternary nitrogens is 1. The zero-order chi connectivity index (χ0) is 42.1. The molecule has 9 heteroatoms. The van der Waals surface area contributed by atoms with E-state index in [2.05, 4.69) is 74.6 Å². The summed E-state index contributed by atoms with van der Waals surface area (Å²) in [5.41, 5.74) is 0. The van der Waals surface area contributed by atoms with Gasteiger partial charge in [0.15, 0.2) is 6.10 Å². The molecular formula is C48H84NO8+. The first-order valence-electron chi connectivity index (χ1n) is 22.5. The van der Waals surface area contributed by atoms with Gasteiger partial charge in [0.05, 0.1) is 34.4 Å². The number of carbonyl (C=O) groups is 3. The zero-order valence-electron chi connectivity index (χ0n) is 37.0. The number of ether oxygens (including phenoxy) is 4. The molecule has 57 heavy (non-hydrogen) atoms. The van der Waals surface area contributed by atoms with Gasteiger partial charge in [-0.1, -0.05) is 139 Å². The lowest BCUT2D eigenvalue weighted by Crippen LogP contribution is -2.40. The van der Waals surface area contributed by atoms with E-state index < -0.39 is 24.3 Å². The topological polar surface area (TPSA) is 108 Å². The number of carbonyl (C=O) groups excluding carboxylic acids is 2. The lowest BCUT2D eigenvalue weighted by molar-refractivity contribution is -0.870. The summed E-state index contributed by atoms with van der Waals surface area (Å²) < 4.78 is 22.7. The van der Waals surface area contributed by atoms with E-state index in [1.165, 1.54) is 70.6 Å². The van der Waals surface area contributed by atoms with Crippen LogP contribution in [0.1, 0.15) is 168 Å². The predicted molar refractivity (Wildman–Crippen MR) is 235 cm³/mol. The van der Waals surface area contributed by atoms with Crippen LogP contribution in [0.15, 0.2) is 60.8 Å². The Labute approximate surface area is 348 Å². The van der Waals surface area contributed by atoms with E-state index in [9.17, 15) is 19.5 Å². The summed E-state index contributed by atoms with van der Waals surface area (Å²) in [6, 6.07) is 0. The molecule has 0 aliphatic carbocycles. The number of aliphatic carboxylic acids is 1. The molecule has 0 amide bonds. The smallest absolute Gasteiger partial charge is 0.361 e. The van der Waals surface area contributed by atoms with Crippen LogP contribution in [0.5, 0.6) is 0 Å². The lowest BCUT2D eigenvalue weighted by atomic mass is 10.1. The summed E-state index contributed by atoms with van der Waals surface area (Å²) in [5, 5.41) is 9.63. The molecule has 0 aromatic heterocycles. The zero-order valence-corrected chi connectivity index (χ0v) is 37.0. The predicted octanol–water partition coefficient (Wildman–Crippen LogP) is 11.8. The highest BCUT2D eigenvalue weighted by molar-refractivity contribution is 5.71. The Morgan fingerprint density at radius 3 is 1.51 bits per heavy atom. The van der Waals surface area contributed by atoms with Gasteiger partial charge in [-0.05, 0) is 77.0 Å². The largest absolute Gasteiger partial charge is 0.477 e. The highest BCUT2D eigenvalue weighted by Gasteiger charge is 2.25. The molecule has 0 saturated carbocycles. The Bertz CT molecular complexity index is 1120. The minimum absolute atomic E-state index is 0.179. The third-order valence-electron chi connectivity index (χ3n) is 9.26. The van der Waals surface area contributed by atoms with Gasteiger partial charge in [0.1, 0.15) is 13.2 Å². The van der Waals surface area contributed by atoms with Gasteiger partial charge >= 0.3 is 17.9 Å². The van der Waals surface area contributed by atoms with E-state index in [1.54, 1.807) is 0 Å². The number of hydrogen-bond acceptors (Lipinski definition) is 7. The summed E-state index contributed by atoms with van der Waals surface area (Å²) in [7, 11) is 5.93. The first kappa shape index (κ1) is 54.0. The van der Waals surface area contributed by atoms with Crippen molar-refractivity contribution in [2.75, 3.05) is 47.5 Å². The fourth-order valence-corrected chi connectivity index (χ4v) is 5.76. The third kappa shape index (κ3) is 41.0. The second-order valence-corrected chi connectivity index (χ2v) is 16.0. The van der Waals surface area contributed by atoms with Crippen molar-refractivity contribution in [1.29, 1.82) is 0 Å². The molecule has 0 aliphatic heterocycles. The van der Waals surface area contributed by atoms with Crippen LogP contribution in [0.25, 0.3) is 0 Å². The molecule has 0 radical (unpaired) electrons. The van der Waals surface area contributed by atoms with Gasteiger partial charge in [0, 0.05) is 12.8 Å². The molecule has 328 valence electrons. The van der Waals surface area contributed by atoms with Crippen molar-refractivity contribution in [2.24, 2.45) is 0 Å². The van der Waals surface area contributed by atoms with E-state index in [4.69, 9.17) is 18.9 Å². The quantitative estimate of drug-likeness (QED) is 0.0214. The molecule has 1 N–H and O–H groups in total. The summed E-state index contributed by atoms with van der Waals surface area (Å²) in [6.45, 7) is 4.67. The summed E-state index contributed by atoms with van der Waals surface area (Å²) >= 11 is 0. The molecule has 0 fully saturated rings. The van der Waals surface area contributed by atoms with Crippen molar-refractivity contribution in [1.82, 2.24) is 0 Å². The van der Waals surface area contributed by atoms with E-state index in [0.29, 0.717) is 17.4 Å². The van der Waals surface area contributed by atoms with Gasteiger partial charge in [-0.25, -0.2) is 4.79 Å². The summed E-state index contributed by atoms with van der Waals surface area (Å²) in [4.78, 5) is 37.1. The minimum atomic E-state index is -1.52. The van der Waals surface area contributed by atoms with Crippen LogP contribution in [0.3, 0.4) is 0 Å². The van der Waals surface area contributed by atoms with Gasteiger partial charge in [-0.2, -0.15) is 0 Å². The molecule has 0 saturated heterocycles. The number of nitrogens with zero attached hydrogens (tertiary/aromatic N) is 1. The van der Waals surface area contributed by atoms with Crippen LogP contribution in [0, 0.1) is 0 Å². The summed E-state index contributed by atoms with van der Waals surface area (Å²) in [6.07, 6.45) is 44.2. The van der Waals surface area contributed by atoms with Gasteiger partial charge < -0.3 is 28.5 Å². The average molecular weight is 803 g/mol. The molecular weight excluding hydrogens is 719 g/mol. The van der Waals surface area contributed by atoms with E-state index in [0.717, 1.165) is 64.2 Å². The standard InChI is InChI=1S/C48H83NO8/c1-6-8-10-12-14-16-18-20-21-22-23-24-25-27-28-30-32-34-36-38-45(50)55-42-44(43-56-48(47(52)53)54-41-40-49(3,4)5)57-46(51)39-37-35-33-31-29-26-19-17-15-13-11-9-7-2/h9,11,14-17,20-21,26,29,44,48H,6-8,10,12-13,18-19,22-25,27-28,30-43H2,1-5H3/p+1/b11-9-,16-14-,17-15-,21-20-,29-26-. The maximum atomic E-state index is 12.7. The second kappa shape index (κ2) is 39.8. The van der Waals surface area contributed by atoms with Crippen molar-refractivity contribution >= 4 is 17.9 Å². The average Bonchev–Trinajstić information content (AvgIpc) is 3.17. The molecule has 0 spiro atoms. The van der Waals surface area contributed by atoms with Crippen LogP contribution in [0.4, 0.5) is 0 Å². The maximum Gasteiger partial charge on any atom is 0.361 e. The highest BCUT2D eigenvalue weighted by atomic mass is 16.7. The van der Waals surface area contributed by atoms with Crippen LogP contribution in [0.2, 0.25) is 0 Å². The minimum Gasteiger partial charge on any atom is -0.477 e. The molecule has 0 heterocycles. The number of hydrogen-bond donors (Lipinski definition) is 1. The van der Waals surface area contributed by atoms with Gasteiger partial charge in [0.25, 0.3) is 6.29 Å². The van der Waals surface area contributed by atoms with Crippen LogP contribution >= 0.6 is 0 Å². The Morgan fingerprint density at radius 2 is 1.00 bits per heavy atom. The van der Waals surface area contributed by atoms with Crippen molar-refractivity contribution in [3.63, 3.8) is 0 Å².